The largest absolute Gasteiger partial charge is 0.508 e. The Morgan fingerprint density at radius 2 is 1.88 bits per heavy atom. The summed E-state index contributed by atoms with van der Waals surface area (Å²) in [5, 5.41) is 19.6. The Morgan fingerprint density at radius 3 is 2.53 bits per heavy atom. The van der Waals surface area contributed by atoms with Crippen LogP contribution in [-0.2, 0) is 9.47 Å². The molecule has 4 unspecified atom stereocenters. The lowest BCUT2D eigenvalue weighted by Gasteiger charge is -2.52. The van der Waals surface area contributed by atoms with Gasteiger partial charge >= 0.3 is 0 Å². The summed E-state index contributed by atoms with van der Waals surface area (Å²) in [6.45, 7) is 11.6. The van der Waals surface area contributed by atoms with Gasteiger partial charge in [-0.1, -0.05) is 42.4 Å². The van der Waals surface area contributed by atoms with E-state index in [4.69, 9.17) is 21.1 Å². The van der Waals surface area contributed by atoms with Gasteiger partial charge in [-0.3, -0.25) is 9.59 Å². The minimum Gasteiger partial charge on any atom is -0.508 e. The Hall–Kier alpha value is -1.67. The Kier molecular flexibility index (Phi) is 5.45. The summed E-state index contributed by atoms with van der Waals surface area (Å²) in [5.74, 6) is -4.24. The molecule has 1 fully saturated rings. The summed E-state index contributed by atoms with van der Waals surface area (Å²) in [7, 11) is 0. The van der Waals surface area contributed by atoms with Gasteiger partial charge in [0.25, 0.3) is 5.79 Å². The van der Waals surface area contributed by atoms with E-state index in [0.717, 1.165) is 24.1 Å². The molecule has 1 aliphatic heterocycles. The van der Waals surface area contributed by atoms with Crippen molar-refractivity contribution in [2.75, 3.05) is 0 Å². The predicted octanol–water partition coefficient (Wildman–Crippen LogP) is 5.04. The number of benzene rings is 1. The molecule has 1 saturated carbocycles. The first kappa shape index (κ1) is 23.5. The lowest BCUT2D eigenvalue weighted by molar-refractivity contribution is -0.259. The lowest BCUT2D eigenvalue weighted by atomic mass is 9.71. The number of rotatable bonds is 2. The first-order valence-electron chi connectivity index (χ1n) is 10.4. The fourth-order valence-corrected chi connectivity index (χ4v) is 5.36. The summed E-state index contributed by atoms with van der Waals surface area (Å²) in [6, 6.07) is 2.17. The molecule has 1 heterocycles. The van der Waals surface area contributed by atoms with Gasteiger partial charge in [0.1, 0.15) is 11.5 Å². The smallest absolute Gasteiger partial charge is 0.266 e. The lowest BCUT2D eigenvalue weighted by Crippen LogP contribution is -2.63. The first-order chi connectivity index (χ1) is 14.7. The number of phenols is 2. The maximum Gasteiger partial charge on any atom is 0.266 e. The van der Waals surface area contributed by atoms with Crippen LogP contribution in [0.5, 0.6) is 11.5 Å². The highest BCUT2D eigenvalue weighted by Gasteiger charge is 2.62. The van der Waals surface area contributed by atoms with Crippen molar-refractivity contribution in [3.63, 3.8) is 0 Å². The maximum absolute atomic E-state index is 13.9. The van der Waals surface area contributed by atoms with E-state index in [-0.39, 0.29) is 27.3 Å². The second kappa shape index (κ2) is 7.42. The molecule has 32 heavy (non-hydrogen) atoms. The summed E-state index contributed by atoms with van der Waals surface area (Å²) in [5.41, 5.74) is -1.17. The van der Waals surface area contributed by atoms with Crippen molar-refractivity contribution in [2.45, 2.75) is 68.2 Å². The molecule has 0 radical (unpaired) electrons. The summed E-state index contributed by atoms with van der Waals surface area (Å²) in [4.78, 5) is 27.6. The minimum atomic E-state index is -2.09. The van der Waals surface area contributed by atoms with E-state index in [1.165, 1.54) is 6.08 Å². The molecule has 1 aromatic carbocycles. The number of aromatic hydroxyl groups is 2. The first-order valence-corrected chi connectivity index (χ1v) is 11.8. The molecule has 8 heteroatoms. The average molecular weight is 526 g/mol. The minimum absolute atomic E-state index is 0.0735. The molecular weight excluding hydrogens is 500 g/mol. The van der Waals surface area contributed by atoms with Crippen molar-refractivity contribution >= 4 is 39.1 Å². The monoisotopic (exact) mass is 524 g/mol. The second-order valence-electron chi connectivity index (χ2n) is 9.83. The predicted molar refractivity (Wildman–Crippen MR) is 124 cm³/mol. The number of hydrogen-bond donors (Lipinski definition) is 2. The van der Waals surface area contributed by atoms with Crippen LogP contribution < -0.4 is 0 Å². The quantitative estimate of drug-likeness (QED) is 0.415. The van der Waals surface area contributed by atoms with Crippen LogP contribution in [0.25, 0.3) is 0 Å². The number of hydrogen-bond acceptors (Lipinski definition) is 6. The molecule has 1 aromatic rings. The van der Waals surface area contributed by atoms with Gasteiger partial charge in [-0.05, 0) is 38.3 Å². The normalized spacial score (nSPS) is 33.4. The van der Waals surface area contributed by atoms with Gasteiger partial charge in [-0.25, -0.2) is 0 Å². The van der Waals surface area contributed by atoms with E-state index < -0.39 is 45.6 Å². The topological polar surface area (TPSA) is 93.1 Å². The third-order valence-electron chi connectivity index (χ3n) is 6.71. The van der Waals surface area contributed by atoms with Crippen molar-refractivity contribution in [2.24, 2.45) is 5.41 Å². The molecule has 3 aliphatic rings. The van der Waals surface area contributed by atoms with E-state index in [1.54, 1.807) is 13.8 Å². The number of carbonyl (C=O) groups excluding carboxylic acids is 2. The Balaban J connectivity index is 1.95. The van der Waals surface area contributed by atoms with E-state index in [0.29, 0.717) is 6.42 Å². The molecule has 0 spiro atoms. The van der Waals surface area contributed by atoms with Gasteiger partial charge in [-0.15, -0.1) is 11.6 Å². The molecule has 0 saturated heterocycles. The molecular formula is C24H26BrClO6. The number of phenolic OH excluding ortho intramolecular Hbond substituents is 2. The van der Waals surface area contributed by atoms with Crippen LogP contribution >= 0.6 is 27.5 Å². The van der Waals surface area contributed by atoms with Gasteiger partial charge in [-0.2, -0.15) is 0 Å². The third-order valence-corrected chi connectivity index (χ3v) is 9.00. The van der Waals surface area contributed by atoms with Crippen LogP contribution in [0.15, 0.2) is 35.9 Å². The molecule has 0 bridgehead atoms. The highest BCUT2D eigenvalue weighted by Crippen LogP contribution is 2.52. The van der Waals surface area contributed by atoms with Crippen LogP contribution in [0.1, 0.15) is 61.3 Å². The summed E-state index contributed by atoms with van der Waals surface area (Å²) in [6.07, 6.45) is 2.40. The Labute approximate surface area is 200 Å². The maximum atomic E-state index is 13.9. The molecule has 4 atom stereocenters. The molecule has 4 rings (SSSR count). The SMILES string of the molecule is C=C1CCC(Br)C(C)(C)C1OC12OC(C)(C)C(Cl)C=C1C(=O)c1c(O)cc(O)cc1C2=O. The van der Waals surface area contributed by atoms with Crippen molar-refractivity contribution in [3.8, 4) is 11.5 Å². The molecule has 2 aliphatic carbocycles. The van der Waals surface area contributed by atoms with Crippen LogP contribution in [0, 0.1) is 5.41 Å². The molecule has 0 amide bonds. The highest BCUT2D eigenvalue weighted by molar-refractivity contribution is 9.09. The number of halogens is 2. The van der Waals surface area contributed by atoms with E-state index in [1.807, 2.05) is 13.8 Å². The van der Waals surface area contributed by atoms with Gasteiger partial charge in [0.2, 0.25) is 5.78 Å². The Bertz CT molecular complexity index is 1070. The fraction of sp³-hybridized carbons (Fsp3) is 0.500. The average Bonchev–Trinajstić information content (AvgIpc) is 2.68. The zero-order chi connectivity index (χ0) is 23.8. The second-order valence-corrected chi connectivity index (χ2v) is 11.4. The molecule has 6 nitrogen and oxygen atoms in total. The summed E-state index contributed by atoms with van der Waals surface area (Å²) < 4.78 is 12.8. The van der Waals surface area contributed by atoms with Crippen LogP contribution in [0.3, 0.4) is 0 Å². The highest BCUT2D eigenvalue weighted by atomic mass is 79.9. The number of carbonyl (C=O) groups is 2. The number of Topliss-reactive ketones (excluding diaryl/α,β-unsaturated/α-hetero) is 2. The zero-order valence-electron chi connectivity index (χ0n) is 18.4. The van der Waals surface area contributed by atoms with Gasteiger partial charge < -0.3 is 19.7 Å². The number of ether oxygens (including phenoxy) is 2. The fourth-order valence-electron chi connectivity index (χ4n) is 4.72. The Morgan fingerprint density at radius 1 is 1.22 bits per heavy atom. The molecule has 172 valence electrons. The standard InChI is InChI=1S/C24H26BrClO6/c1-11-6-7-16(25)22(2,3)21(11)31-24-14(10-17(26)23(4,5)32-24)19(29)18-13(20(24)30)8-12(27)9-15(18)28/h8-10,16-17,21,27-28H,1,6-7H2,2-5H3. The van der Waals surface area contributed by atoms with E-state index in [9.17, 15) is 19.8 Å². The van der Waals surface area contributed by atoms with E-state index >= 15 is 0 Å². The van der Waals surface area contributed by atoms with Gasteiger partial charge in [0.15, 0.2) is 5.78 Å². The molecule has 2 N–H and O–H groups in total. The van der Waals surface area contributed by atoms with Gasteiger partial charge in [0, 0.05) is 21.9 Å². The zero-order valence-corrected chi connectivity index (χ0v) is 20.7. The summed E-state index contributed by atoms with van der Waals surface area (Å²) >= 11 is 10.2. The van der Waals surface area contributed by atoms with Crippen molar-refractivity contribution in [3.05, 3.63) is 47.1 Å². The van der Waals surface area contributed by atoms with Crippen LogP contribution in [0.4, 0.5) is 0 Å². The molecule has 0 aromatic heterocycles. The van der Waals surface area contributed by atoms with Crippen LogP contribution in [-0.4, -0.2) is 49.5 Å². The number of ketones is 2. The van der Waals surface area contributed by atoms with Crippen LogP contribution in [0.2, 0.25) is 0 Å². The van der Waals surface area contributed by atoms with Crippen molar-refractivity contribution < 1.29 is 29.3 Å². The number of alkyl halides is 2. The van der Waals surface area contributed by atoms with Crippen molar-refractivity contribution in [1.82, 2.24) is 0 Å². The van der Waals surface area contributed by atoms with Gasteiger partial charge in [0.05, 0.1) is 28.2 Å². The van der Waals surface area contributed by atoms with Crippen molar-refractivity contribution in [1.29, 1.82) is 0 Å². The number of fused-ring (bicyclic) bond motifs is 2. The van der Waals surface area contributed by atoms with E-state index in [2.05, 4.69) is 22.5 Å². The third kappa shape index (κ3) is 3.28.